The third kappa shape index (κ3) is 11.7. The second kappa shape index (κ2) is 20.8. The maximum Gasteiger partial charge on any atom is 0.328 e. The fraction of sp³-hybridized carbons (Fsp3) is 0.725. The fourth-order valence-electron chi connectivity index (χ4n) is 7.05. The summed E-state index contributed by atoms with van der Waals surface area (Å²) >= 11 is 0. The van der Waals surface area contributed by atoms with E-state index in [9.17, 15) is 24.0 Å². The van der Waals surface area contributed by atoms with Crippen molar-refractivity contribution in [2.45, 2.75) is 122 Å². The topological polar surface area (TPSA) is 147 Å². The second-order valence-corrected chi connectivity index (χ2v) is 15.5. The molecule has 300 valence electrons. The van der Waals surface area contributed by atoms with Gasteiger partial charge in [0, 0.05) is 34.2 Å². The Balaban J connectivity index is 2.28. The molecule has 8 unspecified atom stereocenters. The van der Waals surface area contributed by atoms with Crippen molar-refractivity contribution in [3.8, 4) is 0 Å². The van der Waals surface area contributed by atoms with Crippen molar-refractivity contribution in [3.05, 3.63) is 35.9 Å². The first-order chi connectivity index (χ1) is 24.9. The summed E-state index contributed by atoms with van der Waals surface area (Å²) in [5.41, 5.74) is 0.0412. The van der Waals surface area contributed by atoms with Gasteiger partial charge in [0.2, 0.25) is 23.6 Å². The molecule has 0 saturated carbocycles. The number of likely N-dealkylation sites (N-methyl/N-ethyl adjacent to an activating group) is 2. The van der Waals surface area contributed by atoms with Gasteiger partial charge in [-0.05, 0) is 58.2 Å². The number of carbonyl (C=O) groups excluding carboxylic acids is 5. The lowest BCUT2D eigenvalue weighted by Crippen LogP contribution is -2.61. The molecular formula is C40H67N5O8. The highest BCUT2D eigenvalue weighted by Gasteiger charge is 2.44. The minimum absolute atomic E-state index is 0.00446. The number of benzene rings is 1. The smallest absolute Gasteiger partial charge is 0.328 e. The minimum atomic E-state index is -0.890. The van der Waals surface area contributed by atoms with Crippen molar-refractivity contribution < 1.29 is 38.2 Å². The molecule has 2 N–H and O–H groups in total. The van der Waals surface area contributed by atoms with Gasteiger partial charge in [0.25, 0.3) is 0 Å². The Labute approximate surface area is 317 Å². The Hall–Kier alpha value is -3.55. The average Bonchev–Trinajstić information content (AvgIpc) is 3.62. The van der Waals surface area contributed by atoms with E-state index in [0.29, 0.717) is 13.0 Å². The molecule has 0 aliphatic carbocycles. The van der Waals surface area contributed by atoms with Gasteiger partial charge in [-0.15, -0.1) is 0 Å². The minimum Gasteiger partial charge on any atom is -0.467 e. The molecule has 0 spiro atoms. The van der Waals surface area contributed by atoms with Crippen LogP contribution in [0.3, 0.4) is 0 Å². The highest BCUT2D eigenvalue weighted by molar-refractivity contribution is 5.92. The molecule has 1 aromatic carbocycles. The van der Waals surface area contributed by atoms with E-state index in [1.54, 1.807) is 49.6 Å². The quantitative estimate of drug-likeness (QED) is 0.192. The van der Waals surface area contributed by atoms with Crippen LogP contribution in [0, 0.1) is 17.8 Å². The van der Waals surface area contributed by atoms with Crippen LogP contribution in [0.1, 0.15) is 79.7 Å². The number of nitrogens with zero attached hydrogens (tertiary/aromatic N) is 3. The number of hydrogen-bond donors (Lipinski definition) is 2. The van der Waals surface area contributed by atoms with Gasteiger partial charge >= 0.3 is 5.97 Å². The third-order valence-electron chi connectivity index (χ3n) is 11.2. The Morgan fingerprint density at radius 2 is 1.57 bits per heavy atom. The number of amides is 4. The second-order valence-electron chi connectivity index (χ2n) is 15.5. The largest absolute Gasteiger partial charge is 0.467 e. The lowest BCUT2D eigenvalue weighted by Gasteiger charge is -2.41. The van der Waals surface area contributed by atoms with E-state index in [1.807, 2.05) is 72.1 Å². The van der Waals surface area contributed by atoms with E-state index in [-0.39, 0.29) is 48.3 Å². The van der Waals surface area contributed by atoms with Crippen LogP contribution in [0.25, 0.3) is 0 Å². The summed E-state index contributed by atoms with van der Waals surface area (Å²) in [6.07, 6.45) is 1.07. The molecule has 0 radical (unpaired) electrons. The molecular weight excluding hydrogens is 678 g/mol. The fourth-order valence-corrected chi connectivity index (χ4v) is 7.05. The van der Waals surface area contributed by atoms with E-state index < -0.39 is 53.8 Å². The summed E-state index contributed by atoms with van der Waals surface area (Å²) in [6, 6.07) is 6.85. The first-order valence-electron chi connectivity index (χ1n) is 18.9. The number of methoxy groups -OCH3 is 3. The van der Waals surface area contributed by atoms with Gasteiger partial charge in [-0.1, -0.05) is 71.4 Å². The number of likely N-dealkylation sites (tertiary alicyclic amines) is 1. The van der Waals surface area contributed by atoms with E-state index in [4.69, 9.17) is 14.2 Å². The molecule has 53 heavy (non-hydrogen) atoms. The van der Waals surface area contributed by atoms with Gasteiger partial charge in [-0.25, -0.2) is 4.79 Å². The predicted molar refractivity (Wildman–Crippen MR) is 205 cm³/mol. The molecule has 8 atom stereocenters. The van der Waals surface area contributed by atoms with Crippen molar-refractivity contribution in [2.75, 3.05) is 49.0 Å². The maximum atomic E-state index is 14.2. The van der Waals surface area contributed by atoms with E-state index in [0.717, 1.165) is 18.4 Å². The van der Waals surface area contributed by atoms with Gasteiger partial charge in [-0.3, -0.25) is 24.1 Å². The number of carbonyl (C=O) groups is 5. The monoisotopic (exact) mass is 745 g/mol. The molecule has 1 fully saturated rings. The average molecular weight is 746 g/mol. The molecule has 1 saturated heterocycles. The molecule has 13 nitrogen and oxygen atoms in total. The lowest BCUT2D eigenvalue weighted by molar-refractivity contribution is -0.149. The first-order valence-corrected chi connectivity index (χ1v) is 18.9. The Bertz CT molecular complexity index is 1360. The van der Waals surface area contributed by atoms with Crippen LogP contribution in [0.15, 0.2) is 30.3 Å². The number of nitrogens with one attached hydrogen (secondary N) is 2. The van der Waals surface area contributed by atoms with Gasteiger partial charge in [0.1, 0.15) is 12.1 Å². The van der Waals surface area contributed by atoms with Crippen molar-refractivity contribution >= 4 is 29.6 Å². The Morgan fingerprint density at radius 1 is 0.943 bits per heavy atom. The molecule has 1 aliphatic heterocycles. The number of ether oxygens (including phenoxy) is 3. The van der Waals surface area contributed by atoms with Crippen molar-refractivity contribution in [2.24, 2.45) is 17.8 Å². The van der Waals surface area contributed by atoms with Crippen LogP contribution in [0.2, 0.25) is 0 Å². The summed E-state index contributed by atoms with van der Waals surface area (Å²) in [5.74, 6) is -2.53. The van der Waals surface area contributed by atoms with Crippen LogP contribution in [0.4, 0.5) is 0 Å². The number of rotatable bonds is 20. The van der Waals surface area contributed by atoms with Gasteiger partial charge < -0.3 is 34.6 Å². The van der Waals surface area contributed by atoms with Crippen LogP contribution >= 0.6 is 0 Å². The highest BCUT2D eigenvalue weighted by atomic mass is 16.5. The summed E-state index contributed by atoms with van der Waals surface area (Å²) < 4.78 is 16.9. The summed E-state index contributed by atoms with van der Waals surface area (Å²) in [6.45, 7) is 13.7. The Kier molecular flexibility index (Phi) is 17.9. The van der Waals surface area contributed by atoms with Crippen LogP contribution < -0.4 is 10.6 Å². The van der Waals surface area contributed by atoms with Crippen molar-refractivity contribution in [3.63, 3.8) is 0 Å². The van der Waals surface area contributed by atoms with E-state index in [2.05, 4.69) is 10.6 Å². The van der Waals surface area contributed by atoms with Gasteiger partial charge in [-0.2, -0.15) is 0 Å². The van der Waals surface area contributed by atoms with E-state index in [1.165, 1.54) is 14.2 Å². The molecule has 4 amide bonds. The normalized spacial score (nSPS) is 18.8. The van der Waals surface area contributed by atoms with Crippen LogP contribution in [0.5, 0.6) is 0 Å². The first kappa shape index (κ1) is 45.6. The maximum absolute atomic E-state index is 14.2. The third-order valence-corrected chi connectivity index (χ3v) is 11.2. The zero-order valence-electron chi connectivity index (χ0n) is 34.4. The zero-order chi connectivity index (χ0) is 40.2. The summed E-state index contributed by atoms with van der Waals surface area (Å²) in [7, 11) is 9.72. The molecule has 1 aromatic rings. The number of hydrogen-bond acceptors (Lipinski definition) is 9. The van der Waals surface area contributed by atoms with Gasteiger partial charge in [0.05, 0.1) is 49.3 Å². The van der Waals surface area contributed by atoms with Crippen molar-refractivity contribution in [1.29, 1.82) is 0 Å². The molecule has 2 rings (SSSR count). The number of esters is 1. The van der Waals surface area contributed by atoms with Crippen LogP contribution in [-0.4, -0.2) is 135 Å². The van der Waals surface area contributed by atoms with Crippen molar-refractivity contribution in [1.82, 2.24) is 25.3 Å². The predicted octanol–water partition coefficient (Wildman–Crippen LogP) is 3.29. The summed E-state index contributed by atoms with van der Waals surface area (Å²) in [5, 5.41) is 5.85. The standard InChI is InChI=1S/C40H67N5O8/c1-14-26(4)34(44(10)37(48)33(25(2)3)42-39(50)40(6,7)43(8)9)31(51-11)24-32(46)45-22-18-21-30(45)35(52-12)27(5)36(47)41-29(38(49)53-13)23-28-19-16-15-17-20-28/h15-17,19-20,25-27,29-31,33-35H,14,18,21-24H2,1-13H3,(H,41,47)(H,42,50). The van der Waals surface area contributed by atoms with Gasteiger partial charge in [0.15, 0.2) is 0 Å². The SMILES string of the molecule is CCC(C)C(C(CC(=O)N1CCCC1C(OC)C(C)C(=O)NC(Cc1ccccc1)C(=O)OC)OC)N(C)C(=O)C(NC(=O)C(C)(C)N(C)C)C(C)C. The molecule has 0 bridgehead atoms. The molecule has 1 heterocycles. The molecule has 13 heteroatoms. The highest BCUT2D eigenvalue weighted by Crippen LogP contribution is 2.30. The summed E-state index contributed by atoms with van der Waals surface area (Å²) in [4.78, 5) is 73.2. The lowest BCUT2D eigenvalue weighted by atomic mass is 9.89. The Morgan fingerprint density at radius 3 is 2.08 bits per heavy atom. The van der Waals surface area contributed by atoms with Crippen LogP contribution in [-0.2, 0) is 44.6 Å². The molecule has 1 aliphatic rings. The zero-order valence-corrected chi connectivity index (χ0v) is 34.4. The molecule has 0 aromatic heterocycles. The van der Waals surface area contributed by atoms with E-state index >= 15 is 0 Å².